The SMILES string of the molecule is CC(C)(C)OC(=O)N1CCCC(O)(C(N)c2ccccc2)C1. The van der Waals surface area contributed by atoms with Gasteiger partial charge in [0.05, 0.1) is 12.6 Å². The van der Waals surface area contributed by atoms with E-state index in [0.29, 0.717) is 19.4 Å². The molecule has 1 saturated heterocycles. The monoisotopic (exact) mass is 306 g/mol. The van der Waals surface area contributed by atoms with Crippen molar-refractivity contribution in [3.05, 3.63) is 35.9 Å². The molecule has 0 bridgehead atoms. The van der Waals surface area contributed by atoms with Crippen LogP contribution < -0.4 is 5.73 Å². The molecule has 0 aromatic heterocycles. The molecule has 1 aromatic rings. The maximum atomic E-state index is 12.2. The highest BCUT2D eigenvalue weighted by atomic mass is 16.6. The third kappa shape index (κ3) is 3.99. The molecule has 0 saturated carbocycles. The number of amides is 1. The van der Waals surface area contributed by atoms with Gasteiger partial charge in [-0.3, -0.25) is 0 Å². The number of rotatable bonds is 2. The molecular weight excluding hydrogens is 280 g/mol. The zero-order valence-corrected chi connectivity index (χ0v) is 13.6. The fraction of sp³-hybridized carbons (Fsp3) is 0.588. The first-order valence-electron chi connectivity index (χ1n) is 7.72. The number of hydrogen-bond donors (Lipinski definition) is 2. The molecular formula is C17H26N2O3. The van der Waals surface area contributed by atoms with E-state index in [1.54, 1.807) is 4.90 Å². The highest BCUT2D eigenvalue weighted by Crippen LogP contribution is 2.32. The van der Waals surface area contributed by atoms with Crippen molar-refractivity contribution < 1.29 is 14.6 Å². The average molecular weight is 306 g/mol. The first kappa shape index (κ1) is 16.8. The topological polar surface area (TPSA) is 75.8 Å². The summed E-state index contributed by atoms with van der Waals surface area (Å²) in [6, 6.07) is 8.97. The number of benzene rings is 1. The summed E-state index contributed by atoms with van der Waals surface area (Å²) >= 11 is 0. The van der Waals surface area contributed by atoms with E-state index in [1.165, 1.54) is 0 Å². The van der Waals surface area contributed by atoms with E-state index in [2.05, 4.69) is 0 Å². The quantitative estimate of drug-likeness (QED) is 0.880. The number of aliphatic hydroxyl groups is 1. The number of piperidine rings is 1. The molecule has 0 spiro atoms. The van der Waals surface area contributed by atoms with E-state index < -0.39 is 23.3 Å². The van der Waals surface area contributed by atoms with Gasteiger partial charge < -0.3 is 20.5 Å². The minimum Gasteiger partial charge on any atom is -0.444 e. The molecule has 122 valence electrons. The van der Waals surface area contributed by atoms with E-state index in [-0.39, 0.29) is 6.54 Å². The smallest absolute Gasteiger partial charge is 0.410 e. The molecule has 1 fully saturated rings. The fourth-order valence-corrected chi connectivity index (χ4v) is 2.77. The molecule has 2 atom stereocenters. The van der Waals surface area contributed by atoms with Gasteiger partial charge in [0.15, 0.2) is 0 Å². The molecule has 1 aliphatic heterocycles. The van der Waals surface area contributed by atoms with Gasteiger partial charge in [0, 0.05) is 6.54 Å². The van der Waals surface area contributed by atoms with Gasteiger partial charge in [-0.1, -0.05) is 30.3 Å². The molecule has 2 rings (SSSR count). The summed E-state index contributed by atoms with van der Waals surface area (Å²) in [7, 11) is 0. The zero-order valence-electron chi connectivity index (χ0n) is 13.6. The molecule has 0 radical (unpaired) electrons. The van der Waals surface area contributed by atoms with Crippen LogP contribution in [0.3, 0.4) is 0 Å². The van der Waals surface area contributed by atoms with Crippen molar-refractivity contribution in [2.45, 2.75) is 50.9 Å². The highest BCUT2D eigenvalue weighted by Gasteiger charge is 2.41. The predicted octanol–water partition coefficient (Wildman–Crippen LogP) is 2.45. The normalized spacial score (nSPS) is 24.0. The molecule has 0 aliphatic carbocycles. The Morgan fingerprint density at radius 1 is 1.36 bits per heavy atom. The molecule has 22 heavy (non-hydrogen) atoms. The Hall–Kier alpha value is -1.59. The molecule has 2 unspecified atom stereocenters. The summed E-state index contributed by atoms with van der Waals surface area (Å²) in [5.74, 6) is 0. The van der Waals surface area contributed by atoms with Crippen LogP contribution in [-0.2, 0) is 4.74 Å². The van der Waals surface area contributed by atoms with Crippen LogP contribution in [0.2, 0.25) is 0 Å². The van der Waals surface area contributed by atoms with Crippen LogP contribution in [0, 0.1) is 0 Å². The minimum atomic E-state index is -1.13. The van der Waals surface area contributed by atoms with Gasteiger partial charge in [-0.05, 0) is 39.2 Å². The number of ether oxygens (including phenoxy) is 1. The Labute approximate surface area is 132 Å². The summed E-state index contributed by atoms with van der Waals surface area (Å²) in [5, 5.41) is 10.9. The van der Waals surface area contributed by atoms with Crippen LogP contribution >= 0.6 is 0 Å². The van der Waals surface area contributed by atoms with Gasteiger partial charge in [-0.25, -0.2) is 4.79 Å². The third-order valence-corrected chi connectivity index (χ3v) is 3.89. The standard InChI is InChI=1S/C17H26N2O3/c1-16(2,3)22-15(20)19-11-7-10-17(21,12-19)14(18)13-8-5-4-6-9-13/h4-6,8-9,14,21H,7,10-12,18H2,1-3H3. The number of hydrogen-bond acceptors (Lipinski definition) is 4. The number of likely N-dealkylation sites (tertiary alicyclic amines) is 1. The van der Waals surface area contributed by atoms with Crippen LogP contribution in [0.1, 0.15) is 45.2 Å². The minimum absolute atomic E-state index is 0.192. The number of nitrogens with zero attached hydrogens (tertiary/aromatic N) is 1. The van der Waals surface area contributed by atoms with Gasteiger partial charge in [0.25, 0.3) is 0 Å². The second-order valence-electron chi connectivity index (χ2n) is 7.00. The number of nitrogens with two attached hydrogens (primary N) is 1. The van der Waals surface area contributed by atoms with Crippen molar-refractivity contribution in [2.24, 2.45) is 5.73 Å². The van der Waals surface area contributed by atoms with Crippen LogP contribution in [-0.4, -0.2) is 40.4 Å². The largest absolute Gasteiger partial charge is 0.444 e. The Balaban J connectivity index is 2.10. The Morgan fingerprint density at radius 3 is 2.59 bits per heavy atom. The number of β-amino-alcohol motifs (C(OH)–C–C–N with tert-alkyl or cyclic N) is 1. The first-order valence-corrected chi connectivity index (χ1v) is 7.72. The van der Waals surface area contributed by atoms with Crippen molar-refractivity contribution in [3.8, 4) is 0 Å². The van der Waals surface area contributed by atoms with Crippen LogP contribution in [0.4, 0.5) is 4.79 Å². The van der Waals surface area contributed by atoms with E-state index in [0.717, 1.165) is 5.56 Å². The second kappa shape index (κ2) is 6.26. The molecule has 1 aliphatic rings. The maximum Gasteiger partial charge on any atom is 0.410 e. The van der Waals surface area contributed by atoms with Crippen LogP contribution in [0.5, 0.6) is 0 Å². The molecule has 1 heterocycles. The van der Waals surface area contributed by atoms with Crippen molar-refractivity contribution in [1.29, 1.82) is 0 Å². The lowest BCUT2D eigenvalue weighted by Crippen LogP contribution is -2.56. The summed E-state index contributed by atoms with van der Waals surface area (Å²) in [6.07, 6.45) is 0.879. The lowest BCUT2D eigenvalue weighted by atomic mass is 9.82. The average Bonchev–Trinajstić information content (AvgIpc) is 2.45. The van der Waals surface area contributed by atoms with E-state index >= 15 is 0 Å². The summed E-state index contributed by atoms with van der Waals surface area (Å²) in [4.78, 5) is 13.8. The van der Waals surface area contributed by atoms with E-state index in [1.807, 2.05) is 51.1 Å². The van der Waals surface area contributed by atoms with Gasteiger partial charge in [0.2, 0.25) is 0 Å². The maximum absolute atomic E-state index is 12.2. The molecule has 1 aromatic carbocycles. The summed E-state index contributed by atoms with van der Waals surface area (Å²) < 4.78 is 5.39. The van der Waals surface area contributed by atoms with Crippen LogP contribution in [0.25, 0.3) is 0 Å². The lowest BCUT2D eigenvalue weighted by molar-refractivity contribution is -0.0575. The summed E-state index contributed by atoms with van der Waals surface area (Å²) in [6.45, 7) is 6.26. The second-order valence-corrected chi connectivity index (χ2v) is 7.00. The van der Waals surface area contributed by atoms with Crippen molar-refractivity contribution in [3.63, 3.8) is 0 Å². The summed E-state index contributed by atoms with van der Waals surface area (Å²) in [5.41, 5.74) is 5.46. The van der Waals surface area contributed by atoms with Crippen molar-refractivity contribution in [2.75, 3.05) is 13.1 Å². The zero-order chi connectivity index (χ0) is 16.4. The molecule has 1 amide bonds. The number of carbonyl (C=O) groups is 1. The van der Waals surface area contributed by atoms with Crippen molar-refractivity contribution >= 4 is 6.09 Å². The van der Waals surface area contributed by atoms with Crippen LogP contribution in [0.15, 0.2) is 30.3 Å². The third-order valence-electron chi connectivity index (χ3n) is 3.89. The molecule has 3 N–H and O–H groups in total. The molecule has 5 nitrogen and oxygen atoms in total. The lowest BCUT2D eigenvalue weighted by Gasteiger charge is -2.42. The first-order chi connectivity index (χ1) is 10.2. The van der Waals surface area contributed by atoms with E-state index in [9.17, 15) is 9.90 Å². The highest BCUT2D eigenvalue weighted by molar-refractivity contribution is 5.68. The Morgan fingerprint density at radius 2 is 2.00 bits per heavy atom. The van der Waals surface area contributed by atoms with E-state index in [4.69, 9.17) is 10.5 Å². The van der Waals surface area contributed by atoms with Gasteiger partial charge >= 0.3 is 6.09 Å². The van der Waals surface area contributed by atoms with Gasteiger partial charge in [0.1, 0.15) is 11.2 Å². The molecule has 5 heteroatoms. The Bertz CT molecular complexity index is 512. The Kier molecular flexibility index (Phi) is 4.78. The van der Waals surface area contributed by atoms with Gasteiger partial charge in [-0.2, -0.15) is 0 Å². The fourth-order valence-electron chi connectivity index (χ4n) is 2.77. The predicted molar refractivity (Wildman–Crippen MR) is 85.4 cm³/mol. The van der Waals surface area contributed by atoms with Gasteiger partial charge in [-0.15, -0.1) is 0 Å². The number of carbonyl (C=O) groups excluding carboxylic acids is 1. The van der Waals surface area contributed by atoms with Crippen molar-refractivity contribution in [1.82, 2.24) is 4.90 Å².